The molecule has 0 aromatic carbocycles. The maximum absolute atomic E-state index is 12.0. The molecule has 0 saturated carbocycles. The van der Waals surface area contributed by atoms with E-state index in [4.69, 9.17) is 4.42 Å². The molecule has 2 atom stereocenters. The van der Waals surface area contributed by atoms with E-state index in [1.54, 1.807) is 0 Å². The molecule has 4 nitrogen and oxygen atoms in total. The van der Waals surface area contributed by atoms with Gasteiger partial charge in [0.1, 0.15) is 11.5 Å². The van der Waals surface area contributed by atoms with Crippen LogP contribution in [-0.2, 0) is 4.79 Å². The Morgan fingerprint density at radius 3 is 2.94 bits per heavy atom. The average molecular weight is 236 g/mol. The van der Waals surface area contributed by atoms with Crippen molar-refractivity contribution in [2.75, 3.05) is 6.54 Å². The molecule has 2 heterocycles. The Kier molecular flexibility index (Phi) is 3.84. The lowest BCUT2D eigenvalue weighted by atomic mass is 10.0. The molecule has 0 aliphatic carbocycles. The van der Waals surface area contributed by atoms with Crippen molar-refractivity contribution in [2.45, 2.75) is 45.2 Å². The van der Waals surface area contributed by atoms with E-state index < -0.39 is 0 Å². The van der Waals surface area contributed by atoms with Crippen LogP contribution in [0.15, 0.2) is 16.5 Å². The molecule has 0 radical (unpaired) electrons. The summed E-state index contributed by atoms with van der Waals surface area (Å²) in [5.41, 5.74) is 0. The van der Waals surface area contributed by atoms with Gasteiger partial charge >= 0.3 is 0 Å². The second-order valence-corrected chi connectivity index (χ2v) is 4.68. The van der Waals surface area contributed by atoms with Gasteiger partial charge in [0.05, 0.1) is 12.1 Å². The van der Waals surface area contributed by atoms with E-state index in [-0.39, 0.29) is 18.0 Å². The maximum atomic E-state index is 12.0. The first kappa shape index (κ1) is 12.2. The minimum Gasteiger partial charge on any atom is -0.464 e. The summed E-state index contributed by atoms with van der Waals surface area (Å²) < 4.78 is 5.50. The zero-order valence-corrected chi connectivity index (χ0v) is 10.5. The monoisotopic (exact) mass is 236 g/mol. The molecule has 94 valence electrons. The summed E-state index contributed by atoms with van der Waals surface area (Å²) in [4.78, 5) is 12.0. The smallest absolute Gasteiger partial charge is 0.237 e. The third kappa shape index (κ3) is 3.09. The van der Waals surface area contributed by atoms with Crippen molar-refractivity contribution >= 4 is 5.91 Å². The average Bonchev–Trinajstić information content (AvgIpc) is 2.77. The Morgan fingerprint density at radius 1 is 1.53 bits per heavy atom. The number of hydrogen-bond acceptors (Lipinski definition) is 3. The summed E-state index contributed by atoms with van der Waals surface area (Å²) in [6.07, 6.45) is 3.21. The third-order valence-corrected chi connectivity index (χ3v) is 3.17. The number of rotatable bonds is 3. The van der Waals surface area contributed by atoms with Crippen molar-refractivity contribution in [2.24, 2.45) is 0 Å². The molecule has 1 fully saturated rings. The van der Waals surface area contributed by atoms with Crippen LogP contribution in [0.5, 0.6) is 0 Å². The molecule has 1 aliphatic heterocycles. The van der Waals surface area contributed by atoms with Gasteiger partial charge in [-0.3, -0.25) is 4.79 Å². The highest BCUT2D eigenvalue weighted by atomic mass is 16.3. The highest BCUT2D eigenvalue weighted by molar-refractivity contribution is 5.82. The van der Waals surface area contributed by atoms with Crippen LogP contribution in [0.1, 0.15) is 43.7 Å². The molecule has 2 N–H and O–H groups in total. The van der Waals surface area contributed by atoms with Crippen LogP contribution in [0.4, 0.5) is 0 Å². The summed E-state index contributed by atoms with van der Waals surface area (Å²) in [5, 5.41) is 6.22. The Balaban J connectivity index is 1.89. The molecule has 4 heteroatoms. The number of furan rings is 1. The molecule has 17 heavy (non-hydrogen) atoms. The first-order valence-corrected chi connectivity index (χ1v) is 6.27. The van der Waals surface area contributed by atoms with Gasteiger partial charge in [0, 0.05) is 0 Å². The summed E-state index contributed by atoms with van der Waals surface area (Å²) in [6.45, 7) is 4.78. The van der Waals surface area contributed by atoms with E-state index in [2.05, 4.69) is 10.6 Å². The first-order chi connectivity index (χ1) is 8.16. The van der Waals surface area contributed by atoms with Crippen molar-refractivity contribution in [3.8, 4) is 0 Å². The molecule has 1 aliphatic rings. The van der Waals surface area contributed by atoms with Gasteiger partial charge in [-0.15, -0.1) is 0 Å². The minimum absolute atomic E-state index is 0.0396. The van der Waals surface area contributed by atoms with Gasteiger partial charge in [-0.05, 0) is 45.4 Å². The van der Waals surface area contributed by atoms with Gasteiger partial charge in [0.2, 0.25) is 5.91 Å². The Hall–Kier alpha value is -1.29. The van der Waals surface area contributed by atoms with E-state index >= 15 is 0 Å². The number of piperidine rings is 1. The van der Waals surface area contributed by atoms with Crippen LogP contribution in [0, 0.1) is 6.92 Å². The molecule has 1 unspecified atom stereocenters. The molecule has 1 aromatic rings. The fourth-order valence-electron chi connectivity index (χ4n) is 2.15. The van der Waals surface area contributed by atoms with Gasteiger partial charge in [0.15, 0.2) is 0 Å². The largest absolute Gasteiger partial charge is 0.464 e. The Bertz CT molecular complexity index is 381. The number of amides is 1. The molecular weight excluding hydrogens is 216 g/mol. The van der Waals surface area contributed by atoms with E-state index in [0.717, 1.165) is 37.3 Å². The lowest BCUT2D eigenvalue weighted by molar-refractivity contribution is -0.124. The molecular formula is C13H20N2O2. The lowest BCUT2D eigenvalue weighted by Gasteiger charge is -2.24. The molecule has 1 saturated heterocycles. The fourth-order valence-corrected chi connectivity index (χ4v) is 2.15. The van der Waals surface area contributed by atoms with Crippen LogP contribution in [0.25, 0.3) is 0 Å². The van der Waals surface area contributed by atoms with Crippen molar-refractivity contribution in [1.29, 1.82) is 0 Å². The first-order valence-electron chi connectivity index (χ1n) is 6.27. The zero-order chi connectivity index (χ0) is 12.3. The lowest BCUT2D eigenvalue weighted by Crippen LogP contribution is -2.47. The second-order valence-electron chi connectivity index (χ2n) is 4.68. The van der Waals surface area contributed by atoms with Gasteiger partial charge < -0.3 is 15.1 Å². The molecule has 1 amide bonds. The quantitative estimate of drug-likeness (QED) is 0.843. The molecule has 1 aromatic heterocycles. The van der Waals surface area contributed by atoms with Crippen molar-refractivity contribution < 1.29 is 9.21 Å². The third-order valence-electron chi connectivity index (χ3n) is 3.17. The van der Waals surface area contributed by atoms with Crippen LogP contribution >= 0.6 is 0 Å². The summed E-state index contributed by atoms with van der Waals surface area (Å²) in [5.74, 6) is 1.76. The molecule has 0 spiro atoms. The standard InChI is InChI=1S/C13H20N2O2/c1-9-6-7-12(17-9)10(2)15-13(16)11-5-3-4-8-14-11/h6-7,10-11,14H,3-5,8H2,1-2H3,(H,15,16)/t10?,11-/m0/s1. The molecule has 0 bridgehead atoms. The van der Waals surface area contributed by atoms with Crippen molar-refractivity contribution in [3.05, 3.63) is 23.7 Å². The summed E-state index contributed by atoms with van der Waals surface area (Å²) in [6, 6.07) is 3.72. The highest BCUT2D eigenvalue weighted by Gasteiger charge is 2.22. The maximum Gasteiger partial charge on any atom is 0.237 e. The predicted molar refractivity (Wildman–Crippen MR) is 65.6 cm³/mol. The van der Waals surface area contributed by atoms with Crippen LogP contribution in [0.2, 0.25) is 0 Å². The van der Waals surface area contributed by atoms with Gasteiger partial charge in [-0.1, -0.05) is 6.42 Å². The molecule has 2 rings (SSSR count). The zero-order valence-electron chi connectivity index (χ0n) is 10.5. The van der Waals surface area contributed by atoms with Crippen LogP contribution < -0.4 is 10.6 Å². The van der Waals surface area contributed by atoms with Gasteiger partial charge in [-0.2, -0.15) is 0 Å². The van der Waals surface area contributed by atoms with Gasteiger partial charge in [-0.25, -0.2) is 0 Å². The van der Waals surface area contributed by atoms with Crippen LogP contribution in [0.3, 0.4) is 0 Å². The number of carbonyl (C=O) groups is 1. The highest BCUT2D eigenvalue weighted by Crippen LogP contribution is 2.16. The number of nitrogens with one attached hydrogen (secondary N) is 2. The topological polar surface area (TPSA) is 54.3 Å². The van der Waals surface area contributed by atoms with Crippen LogP contribution in [-0.4, -0.2) is 18.5 Å². The summed E-state index contributed by atoms with van der Waals surface area (Å²) >= 11 is 0. The number of aryl methyl sites for hydroxylation is 1. The van der Waals surface area contributed by atoms with E-state index in [9.17, 15) is 4.79 Å². The van der Waals surface area contributed by atoms with E-state index in [1.165, 1.54) is 0 Å². The normalized spacial score (nSPS) is 22.1. The predicted octanol–water partition coefficient (Wildman–Crippen LogP) is 1.91. The Labute approximate surface area is 102 Å². The summed E-state index contributed by atoms with van der Waals surface area (Å²) in [7, 11) is 0. The van der Waals surface area contributed by atoms with E-state index in [1.807, 2.05) is 26.0 Å². The second kappa shape index (κ2) is 5.36. The van der Waals surface area contributed by atoms with Gasteiger partial charge in [0.25, 0.3) is 0 Å². The number of hydrogen-bond donors (Lipinski definition) is 2. The van der Waals surface area contributed by atoms with Crippen molar-refractivity contribution in [1.82, 2.24) is 10.6 Å². The number of carbonyl (C=O) groups excluding carboxylic acids is 1. The Morgan fingerprint density at radius 2 is 2.35 bits per heavy atom. The fraction of sp³-hybridized carbons (Fsp3) is 0.615. The van der Waals surface area contributed by atoms with Crippen molar-refractivity contribution in [3.63, 3.8) is 0 Å². The van der Waals surface area contributed by atoms with E-state index in [0.29, 0.717) is 0 Å². The SMILES string of the molecule is Cc1ccc(C(C)NC(=O)[C@@H]2CCCCN2)o1. The minimum atomic E-state index is -0.0695.